The molecule has 19 heavy (non-hydrogen) atoms. The fourth-order valence-corrected chi connectivity index (χ4v) is 3.73. The van der Waals surface area contributed by atoms with Gasteiger partial charge in [-0.1, -0.05) is 18.2 Å². The summed E-state index contributed by atoms with van der Waals surface area (Å²) in [6.45, 7) is 9.29. The summed E-state index contributed by atoms with van der Waals surface area (Å²) in [4.78, 5) is 14.9. The van der Waals surface area contributed by atoms with Gasteiger partial charge in [0.05, 0.1) is 0 Å². The fourth-order valence-electron chi connectivity index (χ4n) is 3.73. The molecule has 2 saturated heterocycles. The van der Waals surface area contributed by atoms with Crippen LogP contribution < -0.4 is 5.32 Å². The number of benzene rings is 1. The molecular formula is C16H22N2O. The molecule has 0 saturated carbocycles. The molecule has 3 atom stereocenters. The van der Waals surface area contributed by atoms with Gasteiger partial charge in [0.1, 0.15) is 0 Å². The van der Waals surface area contributed by atoms with E-state index < -0.39 is 0 Å². The van der Waals surface area contributed by atoms with Crippen molar-refractivity contribution in [3.8, 4) is 0 Å². The predicted molar refractivity (Wildman–Crippen MR) is 76.3 cm³/mol. The van der Waals surface area contributed by atoms with Crippen LogP contribution in [0.2, 0.25) is 0 Å². The number of hydrogen-bond acceptors (Lipinski definition) is 2. The van der Waals surface area contributed by atoms with Crippen LogP contribution in [0.5, 0.6) is 0 Å². The van der Waals surface area contributed by atoms with E-state index in [1.165, 1.54) is 0 Å². The third-order valence-electron chi connectivity index (χ3n) is 4.89. The highest BCUT2D eigenvalue weighted by Crippen LogP contribution is 2.33. The molecule has 0 bridgehead atoms. The second kappa shape index (κ2) is 4.64. The number of carbonyl (C=O) groups excluding carboxylic acids is 1. The number of hydrogen-bond donors (Lipinski definition) is 1. The Labute approximate surface area is 115 Å². The zero-order valence-corrected chi connectivity index (χ0v) is 11.9. The average molecular weight is 258 g/mol. The van der Waals surface area contributed by atoms with Gasteiger partial charge in [0.2, 0.25) is 0 Å². The van der Waals surface area contributed by atoms with Crippen molar-refractivity contribution < 1.29 is 4.79 Å². The van der Waals surface area contributed by atoms with Crippen LogP contribution >= 0.6 is 0 Å². The van der Waals surface area contributed by atoms with Crippen LogP contribution in [-0.2, 0) is 0 Å². The second-order valence-corrected chi connectivity index (χ2v) is 6.05. The Bertz CT molecular complexity index is 491. The molecule has 1 aromatic rings. The van der Waals surface area contributed by atoms with Crippen molar-refractivity contribution in [3.63, 3.8) is 0 Å². The highest BCUT2D eigenvalue weighted by atomic mass is 16.2. The van der Waals surface area contributed by atoms with Crippen molar-refractivity contribution in [3.05, 3.63) is 34.9 Å². The number of amides is 1. The largest absolute Gasteiger partial charge is 0.335 e. The third-order valence-corrected chi connectivity index (χ3v) is 4.89. The van der Waals surface area contributed by atoms with Crippen LogP contribution in [0.3, 0.4) is 0 Å². The quantitative estimate of drug-likeness (QED) is 0.835. The number of fused-ring (bicyclic) bond motifs is 1. The lowest BCUT2D eigenvalue weighted by atomic mass is 9.95. The molecule has 102 valence electrons. The van der Waals surface area contributed by atoms with E-state index in [9.17, 15) is 4.79 Å². The van der Waals surface area contributed by atoms with Gasteiger partial charge in [-0.25, -0.2) is 0 Å². The van der Waals surface area contributed by atoms with Gasteiger partial charge in [-0.3, -0.25) is 4.79 Å². The molecule has 2 heterocycles. The minimum Gasteiger partial charge on any atom is -0.335 e. The predicted octanol–water partition coefficient (Wildman–Crippen LogP) is 1.98. The number of nitrogens with zero attached hydrogens (tertiary/aromatic N) is 1. The summed E-state index contributed by atoms with van der Waals surface area (Å²) >= 11 is 0. The minimum absolute atomic E-state index is 0.220. The summed E-state index contributed by atoms with van der Waals surface area (Å²) in [5, 5.41) is 3.44. The number of aryl methyl sites for hydroxylation is 2. The molecule has 2 aliphatic rings. The van der Waals surface area contributed by atoms with Gasteiger partial charge in [-0.2, -0.15) is 0 Å². The standard InChI is InChI=1S/C16H22N2O/c1-10-5-4-6-11(2)15(10)16(19)18-9-13-7-17-8-14(13)12(18)3/h4-6,12-14,17H,7-9H2,1-3H3. The first-order chi connectivity index (χ1) is 9.09. The Morgan fingerprint density at radius 1 is 1.26 bits per heavy atom. The molecule has 0 aromatic heterocycles. The molecule has 1 aromatic carbocycles. The van der Waals surface area contributed by atoms with Gasteiger partial charge >= 0.3 is 0 Å². The maximum Gasteiger partial charge on any atom is 0.254 e. The first-order valence-electron chi connectivity index (χ1n) is 7.17. The molecule has 3 heteroatoms. The summed E-state index contributed by atoms with van der Waals surface area (Å²) < 4.78 is 0. The first kappa shape index (κ1) is 12.7. The van der Waals surface area contributed by atoms with Gasteiger partial charge in [0.15, 0.2) is 0 Å². The van der Waals surface area contributed by atoms with Gasteiger partial charge < -0.3 is 10.2 Å². The maximum absolute atomic E-state index is 12.8. The van der Waals surface area contributed by atoms with Crippen molar-refractivity contribution in [2.24, 2.45) is 11.8 Å². The maximum atomic E-state index is 12.8. The van der Waals surface area contributed by atoms with Gasteiger partial charge in [0, 0.05) is 31.2 Å². The van der Waals surface area contributed by atoms with Crippen molar-refractivity contribution in [1.82, 2.24) is 10.2 Å². The topological polar surface area (TPSA) is 32.3 Å². The summed E-state index contributed by atoms with van der Waals surface area (Å²) in [6, 6.07) is 6.44. The number of carbonyl (C=O) groups is 1. The molecule has 3 nitrogen and oxygen atoms in total. The Kier molecular flexibility index (Phi) is 3.09. The summed E-state index contributed by atoms with van der Waals surface area (Å²) in [6.07, 6.45) is 0. The zero-order valence-electron chi connectivity index (χ0n) is 11.9. The van der Waals surface area contributed by atoms with E-state index in [0.717, 1.165) is 36.3 Å². The molecule has 1 amide bonds. The molecule has 3 unspecified atom stereocenters. The highest BCUT2D eigenvalue weighted by molar-refractivity contribution is 5.97. The minimum atomic E-state index is 0.220. The molecule has 0 spiro atoms. The van der Waals surface area contributed by atoms with Crippen molar-refractivity contribution in [2.45, 2.75) is 26.8 Å². The van der Waals surface area contributed by atoms with E-state index in [2.05, 4.69) is 17.1 Å². The zero-order chi connectivity index (χ0) is 13.6. The van der Waals surface area contributed by atoms with Crippen molar-refractivity contribution in [2.75, 3.05) is 19.6 Å². The van der Waals surface area contributed by atoms with Crippen LogP contribution in [0, 0.1) is 25.7 Å². The van der Waals surface area contributed by atoms with Crippen LogP contribution in [-0.4, -0.2) is 36.5 Å². The van der Waals surface area contributed by atoms with Crippen LogP contribution in [0.4, 0.5) is 0 Å². The van der Waals surface area contributed by atoms with Crippen molar-refractivity contribution in [1.29, 1.82) is 0 Å². The van der Waals surface area contributed by atoms with Crippen LogP contribution in [0.25, 0.3) is 0 Å². The number of rotatable bonds is 1. The van der Waals surface area contributed by atoms with E-state index in [1.54, 1.807) is 0 Å². The van der Waals surface area contributed by atoms with E-state index in [4.69, 9.17) is 0 Å². The monoisotopic (exact) mass is 258 g/mol. The lowest BCUT2D eigenvalue weighted by molar-refractivity contribution is 0.0727. The Hall–Kier alpha value is -1.35. The van der Waals surface area contributed by atoms with E-state index in [-0.39, 0.29) is 5.91 Å². The van der Waals surface area contributed by atoms with Gasteiger partial charge in [0.25, 0.3) is 5.91 Å². The lowest BCUT2D eigenvalue weighted by Crippen LogP contribution is -2.38. The average Bonchev–Trinajstić information content (AvgIpc) is 2.92. The van der Waals surface area contributed by atoms with Crippen LogP contribution in [0.1, 0.15) is 28.4 Å². The SMILES string of the molecule is Cc1cccc(C)c1C(=O)N1CC2CNCC2C1C. The molecule has 2 aliphatic heterocycles. The van der Waals surface area contributed by atoms with E-state index in [0.29, 0.717) is 17.9 Å². The second-order valence-electron chi connectivity index (χ2n) is 6.05. The molecule has 0 aliphatic carbocycles. The Balaban J connectivity index is 1.89. The Morgan fingerprint density at radius 2 is 1.95 bits per heavy atom. The molecule has 2 fully saturated rings. The normalized spacial score (nSPS) is 29.6. The highest BCUT2D eigenvalue weighted by Gasteiger charge is 2.44. The molecule has 1 N–H and O–H groups in total. The van der Waals surface area contributed by atoms with Crippen molar-refractivity contribution >= 4 is 5.91 Å². The van der Waals surface area contributed by atoms with E-state index in [1.807, 2.05) is 32.0 Å². The smallest absolute Gasteiger partial charge is 0.254 e. The first-order valence-corrected chi connectivity index (χ1v) is 7.17. The van der Waals surface area contributed by atoms with Gasteiger partial charge in [-0.05, 0) is 43.7 Å². The van der Waals surface area contributed by atoms with Gasteiger partial charge in [-0.15, -0.1) is 0 Å². The summed E-state index contributed by atoms with van der Waals surface area (Å²) in [7, 11) is 0. The molecular weight excluding hydrogens is 236 g/mol. The lowest BCUT2D eigenvalue weighted by Gasteiger charge is -2.26. The number of likely N-dealkylation sites (tertiary alicyclic amines) is 1. The van der Waals surface area contributed by atoms with E-state index >= 15 is 0 Å². The summed E-state index contributed by atoms with van der Waals surface area (Å²) in [5.74, 6) is 1.49. The summed E-state index contributed by atoms with van der Waals surface area (Å²) in [5.41, 5.74) is 3.09. The molecule has 3 rings (SSSR count). The molecule has 0 radical (unpaired) electrons. The fraction of sp³-hybridized carbons (Fsp3) is 0.562. The number of nitrogens with one attached hydrogen (secondary N) is 1. The third kappa shape index (κ3) is 1.96. The van der Waals surface area contributed by atoms with Crippen LogP contribution in [0.15, 0.2) is 18.2 Å². The Morgan fingerprint density at radius 3 is 2.58 bits per heavy atom.